The van der Waals surface area contributed by atoms with Crippen LogP contribution in [-0.4, -0.2) is 28.4 Å². The molecule has 2 aromatic carbocycles. The van der Waals surface area contributed by atoms with E-state index in [2.05, 4.69) is 10.6 Å². The van der Waals surface area contributed by atoms with Gasteiger partial charge in [0.1, 0.15) is 17.5 Å². The number of nitrogens with zero attached hydrogens (tertiary/aromatic N) is 2. The van der Waals surface area contributed by atoms with Crippen LogP contribution in [-0.2, 0) is 11.8 Å². The molecule has 0 bridgehead atoms. The molecule has 0 unspecified atom stereocenters. The Balaban J connectivity index is 1.85. The highest BCUT2D eigenvalue weighted by Gasteiger charge is 2.21. The van der Waals surface area contributed by atoms with Crippen LogP contribution < -0.4 is 20.9 Å². The summed E-state index contributed by atoms with van der Waals surface area (Å²) in [6.45, 7) is 5.38. The number of halogens is 1. The van der Waals surface area contributed by atoms with Crippen molar-refractivity contribution in [1.82, 2.24) is 9.36 Å². The quantitative estimate of drug-likeness (QED) is 0.624. The molecule has 30 heavy (non-hydrogen) atoms. The van der Waals surface area contributed by atoms with Crippen molar-refractivity contribution in [3.63, 3.8) is 0 Å². The minimum absolute atomic E-state index is 0.249. The van der Waals surface area contributed by atoms with Gasteiger partial charge in [0.25, 0.3) is 5.56 Å². The Bertz CT molecular complexity index is 1140. The second-order valence-electron chi connectivity index (χ2n) is 7.09. The maximum Gasteiger partial charge on any atom is 0.295 e. The van der Waals surface area contributed by atoms with Gasteiger partial charge in [-0.1, -0.05) is 29.8 Å². The maximum absolute atomic E-state index is 13.0. The third-order valence-electron chi connectivity index (χ3n) is 5.05. The molecule has 0 saturated carbocycles. The van der Waals surface area contributed by atoms with Crippen molar-refractivity contribution in [2.75, 3.05) is 17.7 Å². The van der Waals surface area contributed by atoms with Crippen molar-refractivity contribution in [2.24, 2.45) is 7.05 Å². The lowest BCUT2D eigenvalue weighted by atomic mass is 10.2. The highest BCUT2D eigenvalue weighted by molar-refractivity contribution is 6.31. The van der Waals surface area contributed by atoms with E-state index < -0.39 is 6.04 Å². The van der Waals surface area contributed by atoms with Crippen LogP contribution in [0, 0.1) is 13.8 Å². The number of methoxy groups -OCH3 is 1. The molecule has 158 valence electrons. The van der Waals surface area contributed by atoms with E-state index in [1.807, 2.05) is 43.3 Å². The van der Waals surface area contributed by atoms with Gasteiger partial charge in [-0.2, -0.15) is 0 Å². The van der Waals surface area contributed by atoms with Crippen molar-refractivity contribution in [1.29, 1.82) is 0 Å². The number of rotatable bonds is 6. The van der Waals surface area contributed by atoms with E-state index >= 15 is 0 Å². The number of amides is 1. The first-order valence-corrected chi connectivity index (χ1v) is 9.88. The Kier molecular flexibility index (Phi) is 6.22. The largest absolute Gasteiger partial charge is 0.495 e. The first-order valence-electron chi connectivity index (χ1n) is 9.50. The molecule has 3 rings (SSSR count). The summed E-state index contributed by atoms with van der Waals surface area (Å²) in [4.78, 5) is 25.8. The van der Waals surface area contributed by atoms with Crippen LogP contribution in [0.5, 0.6) is 5.75 Å². The molecule has 2 N–H and O–H groups in total. The van der Waals surface area contributed by atoms with E-state index in [0.29, 0.717) is 22.2 Å². The molecule has 7 nitrogen and oxygen atoms in total. The molecule has 1 atom stereocenters. The first-order chi connectivity index (χ1) is 14.2. The molecule has 0 aliphatic carbocycles. The third kappa shape index (κ3) is 4.07. The van der Waals surface area contributed by atoms with Crippen LogP contribution >= 0.6 is 11.6 Å². The number of ether oxygens (including phenoxy) is 1. The van der Waals surface area contributed by atoms with Crippen LogP contribution in [0.1, 0.15) is 18.2 Å². The number of para-hydroxylation sites is 1. The highest BCUT2D eigenvalue weighted by Crippen LogP contribution is 2.31. The molecular weight excluding hydrogens is 404 g/mol. The fourth-order valence-corrected chi connectivity index (χ4v) is 3.34. The summed E-state index contributed by atoms with van der Waals surface area (Å²) in [5.41, 5.74) is 2.84. The number of hydrogen-bond donors (Lipinski definition) is 2. The van der Waals surface area contributed by atoms with Gasteiger partial charge in [0, 0.05) is 18.1 Å². The smallest absolute Gasteiger partial charge is 0.295 e. The van der Waals surface area contributed by atoms with Crippen LogP contribution in [0.25, 0.3) is 5.69 Å². The van der Waals surface area contributed by atoms with Gasteiger partial charge in [-0.15, -0.1) is 0 Å². The van der Waals surface area contributed by atoms with Gasteiger partial charge in [0.2, 0.25) is 5.91 Å². The van der Waals surface area contributed by atoms with Crippen LogP contribution in [0.4, 0.5) is 11.4 Å². The molecule has 0 fully saturated rings. The number of hydrogen-bond acceptors (Lipinski definition) is 4. The van der Waals surface area contributed by atoms with E-state index in [1.165, 1.54) is 11.8 Å². The lowest BCUT2D eigenvalue weighted by Gasteiger charge is -2.18. The van der Waals surface area contributed by atoms with Gasteiger partial charge in [-0.3, -0.25) is 14.3 Å². The van der Waals surface area contributed by atoms with Crippen molar-refractivity contribution in [3.8, 4) is 11.4 Å². The maximum atomic E-state index is 13.0. The van der Waals surface area contributed by atoms with Crippen LogP contribution in [0.3, 0.4) is 0 Å². The summed E-state index contributed by atoms with van der Waals surface area (Å²) >= 11 is 6.15. The highest BCUT2D eigenvalue weighted by atomic mass is 35.5. The topological polar surface area (TPSA) is 77.3 Å². The Morgan fingerprint density at radius 2 is 1.83 bits per heavy atom. The zero-order valence-corrected chi connectivity index (χ0v) is 18.4. The summed E-state index contributed by atoms with van der Waals surface area (Å²) in [7, 11) is 3.32. The normalized spacial score (nSPS) is 11.8. The number of nitrogens with one attached hydrogen (secondary N) is 2. The van der Waals surface area contributed by atoms with Gasteiger partial charge in [-0.05, 0) is 44.5 Å². The Labute approximate surface area is 180 Å². The summed E-state index contributed by atoms with van der Waals surface area (Å²) in [6, 6.07) is 12.2. The van der Waals surface area contributed by atoms with Gasteiger partial charge in [0.05, 0.1) is 24.2 Å². The molecule has 0 spiro atoms. The average Bonchev–Trinajstić information content (AvgIpc) is 2.94. The molecule has 8 heteroatoms. The minimum Gasteiger partial charge on any atom is -0.495 e. The van der Waals surface area contributed by atoms with E-state index in [0.717, 1.165) is 11.3 Å². The molecule has 0 saturated heterocycles. The zero-order chi connectivity index (χ0) is 22.0. The van der Waals surface area contributed by atoms with Crippen molar-refractivity contribution in [3.05, 3.63) is 69.1 Å². The number of anilines is 2. The summed E-state index contributed by atoms with van der Waals surface area (Å²) < 4.78 is 8.59. The molecule has 3 aromatic rings. The standard InChI is InChI=1S/C22H25ClN4O3/c1-13-11-18(19(30-5)12-17(13)23)24-14(2)21(28)25-20-15(3)26(4)27(22(20)29)16-9-7-6-8-10-16/h6-12,14,24H,1-5H3,(H,25,28)/t14-/m1/s1. The number of benzene rings is 2. The Hall–Kier alpha value is -3.19. The SMILES string of the molecule is COc1cc(Cl)c(C)cc1N[C@H](C)C(=O)Nc1c(C)n(C)n(-c2ccccc2)c1=O. The molecular formula is C22H25ClN4O3. The van der Waals surface area contributed by atoms with Crippen molar-refractivity contribution in [2.45, 2.75) is 26.8 Å². The number of carbonyl (C=O) groups excluding carboxylic acids is 1. The van der Waals surface area contributed by atoms with Gasteiger partial charge < -0.3 is 15.4 Å². The predicted molar refractivity (Wildman–Crippen MR) is 120 cm³/mol. The first kappa shape index (κ1) is 21.5. The number of aromatic nitrogens is 2. The fraction of sp³-hybridized carbons (Fsp3) is 0.273. The molecule has 0 aliphatic rings. The summed E-state index contributed by atoms with van der Waals surface area (Å²) in [5.74, 6) is 0.197. The van der Waals surface area contributed by atoms with Gasteiger partial charge in [0.15, 0.2) is 0 Å². The molecule has 1 amide bonds. The fourth-order valence-electron chi connectivity index (χ4n) is 3.19. The van der Waals surface area contributed by atoms with E-state index in [1.54, 1.807) is 31.6 Å². The number of aryl methyl sites for hydroxylation is 1. The van der Waals surface area contributed by atoms with E-state index in [-0.39, 0.29) is 17.2 Å². The average molecular weight is 429 g/mol. The number of carbonyl (C=O) groups is 1. The zero-order valence-electron chi connectivity index (χ0n) is 17.6. The molecule has 1 aromatic heterocycles. The Morgan fingerprint density at radius 3 is 2.47 bits per heavy atom. The van der Waals surface area contributed by atoms with Crippen molar-refractivity contribution < 1.29 is 9.53 Å². The summed E-state index contributed by atoms with van der Waals surface area (Å²) in [5, 5.41) is 6.48. The Morgan fingerprint density at radius 1 is 1.17 bits per heavy atom. The van der Waals surface area contributed by atoms with E-state index in [4.69, 9.17) is 16.3 Å². The van der Waals surface area contributed by atoms with Gasteiger partial charge in [-0.25, -0.2) is 4.68 Å². The third-order valence-corrected chi connectivity index (χ3v) is 5.46. The lowest BCUT2D eigenvalue weighted by molar-refractivity contribution is -0.116. The molecule has 0 radical (unpaired) electrons. The minimum atomic E-state index is -0.622. The van der Waals surface area contributed by atoms with Crippen LogP contribution in [0.2, 0.25) is 5.02 Å². The lowest BCUT2D eigenvalue weighted by Crippen LogP contribution is -2.34. The van der Waals surface area contributed by atoms with Gasteiger partial charge >= 0.3 is 0 Å². The second kappa shape index (κ2) is 8.67. The molecule has 0 aliphatic heterocycles. The van der Waals surface area contributed by atoms with Crippen molar-refractivity contribution >= 4 is 28.9 Å². The van der Waals surface area contributed by atoms with E-state index in [9.17, 15) is 9.59 Å². The predicted octanol–water partition coefficient (Wildman–Crippen LogP) is 3.89. The second-order valence-corrected chi connectivity index (χ2v) is 7.50. The molecule has 1 heterocycles. The van der Waals surface area contributed by atoms with Crippen LogP contribution in [0.15, 0.2) is 47.3 Å². The summed E-state index contributed by atoms with van der Waals surface area (Å²) in [6.07, 6.45) is 0. The monoisotopic (exact) mass is 428 g/mol.